The molecule has 1 heterocycles. The van der Waals surface area contributed by atoms with Crippen LogP contribution in [0.2, 0.25) is 0 Å². The van der Waals surface area contributed by atoms with Crippen LogP contribution in [0.1, 0.15) is 13.3 Å². The van der Waals surface area contributed by atoms with Crippen LogP contribution in [0, 0.1) is 5.92 Å². The third kappa shape index (κ3) is 2.01. The van der Waals surface area contributed by atoms with Gasteiger partial charge in [0, 0.05) is 19.2 Å². The van der Waals surface area contributed by atoms with Crippen molar-refractivity contribution in [3.05, 3.63) is 18.2 Å². The molecule has 1 unspecified atom stereocenters. The van der Waals surface area contributed by atoms with E-state index in [0.717, 1.165) is 36.1 Å². The highest BCUT2D eigenvalue weighted by atomic mass is 16.5. The van der Waals surface area contributed by atoms with Crippen LogP contribution < -0.4 is 15.4 Å². The molecule has 82 valence electrons. The third-order valence-electron chi connectivity index (χ3n) is 3.00. The van der Waals surface area contributed by atoms with E-state index in [1.807, 2.05) is 18.2 Å². The minimum atomic E-state index is 0.770. The van der Waals surface area contributed by atoms with Crippen molar-refractivity contribution in [1.29, 1.82) is 0 Å². The number of hydrogen-bond donors (Lipinski definition) is 1. The molecule has 1 aliphatic heterocycles. The molecule has 0 aliphatic carbocycles. The van der Waals surface area contributed by atoms with Crippen LogP contribution in [0.15, 0.2) is 18.2 Å². The number of nitrogens with zero attached hydrogens (tertiary/aromatic N) is 1. The van der Waals surface area contributed by atoms with Gasteiger partial charge in [-0.2, -0.15) is 0 Å². The van der Waals surface area contributed by atoms with E-state index in [1.54, 1.807) is 7.11 Å². The molecule has 0 saturated carbocycles. The summed E-state index contributed by atoms with van der Waals surface area (Å²) in [5.74, 6) is 1.59. The van der Waals surface area contributed by atoms with Crippen molar-refractivity contribution in [2.45, 2.75) is 13.3 Å². The van der Waals surface area contributed by atoms with Gasteiger partial charge in [0.2, 0.25) is 0 Å². The van der Waals surface area contributed by atoms with E-state index in [2.05, 4.69) is 11.8 Å². The molecule has 2 rings (SSSR count). The van der Waals surface area contributed by atoms with Crippen molar-refractivity contribution < 1.29 is 4.74 Å². The van der Waals surface area contributed by atoms with E-state index in [9.17, 15) is 0 Å². The lowest BCUT2D eigenvalue weighted by molar-refractivity contribution is 0.415. The first kappa shape index (κ1) is 10.1. The van der Waals surface area contributed by atoms with Crippen LogP contribution in [0.5, 0.6) is 5.75 Å². The molecule has 0 aromatic heterocycles. The van der Waals surface area contributed by atoms with Gasteiger partial charge < -0.3 is 15.4 Å². The highest BCUT2D eigenvalue weighted by Gasteiger charge is 2.20. The molecule has 2 N–H and O–H groups in total. The van der Waals surface area contributed by atoms with E-state index >= 15 is 0 Å². The molecule has 0 radical (unpaired) electrons. The Hall–Kier alpha value is -1.38. The second kappa shape index (κ2) is 4.01. The van der Waals surface area contributed by atoms with E-state index in [4.69, 9.17) is 10.5 Å². The van der Waals surface area contributed by atoms with Gasteiger partial charge >= 0.3 is 0 Å². The monoisotopic (exact) mass is 206 g/mol. The Labute approximate surface area is 90.8 Å². The number of benzene rings is 1. The second-order valence-corrected chi connectivity index (χ2v) is 4.26. The SMILES string of the molecule is COc1ccc(N2CCC(C)C2)c(N)c1. The number of ether oxygens (including phenoxy) is 1. The molecule has 1 aliphatic rings. The van der Waals surface area contributed by atoms with E-state index in [1.165, 1.54) is 6.42 Å². The van der Waals surface area contributed by atoms with Gasteiger partial charge in [-0.3, -0.25) is 0 Å². The minimum absolute atomic E-state index is 0.770. The lowest BCUT2D eigenvalue weighted by Crippen LogP contribution is -2.20. The summed E-state index contributed by atoms with van der Waals surface area (Å²) < 4.78 is 5.14. The quantitative estimate of drug-likeness (QED) is 0.753. The third-order valence-corrected chi connectivity index (χ3v) is 3.00. The normalized spacial score (nSPS) is 20.7. The highest BCUT2D eigenvalue weighted by molar-refractivity contribution is 5.69. The molecule has 3 nitrogen and oxygen atoms in total. The molecule has 0 amide bonds. The summed E-state index contributed by atoms with van der Waals surface area (Å²) in [5.41, 5.74) is 7.95. The van der Waals surface area contributed by atoms with Crippen LogP contribution >= 0.6 is 0 Å². The first-order chi connectivity index (χ1) is 7.20. The first-order valence-electron chi connectivity index (χ1n) is 5.39. The van der Waals surface area contributed by atoms with E-state index < -0.39 is 0 Å². The number of anilines is 2. The van der Waals surface area contributed by atoms with Crippen LogP contribution in [-0.2, 0) is 0 Å². The fourth-order valence-electron chi connectivity index (χ4n) is 2.10. The van der Waals surface area contributed by atoms with Gasteiger partial charge in [0.25, 0.3) is 0 Å². The maximum Gasteiger partial charge on any atom is 0.121 e. The molecular weight excluding hydrogens is 188 g/mol. The Bertz CT molecular complexity index is 351. The average molecular weight is 206 g/mol. The summed E-state index contributed by atoms with van der Waals surface area (Å²) in [5, 5.41) is 0. The molecule has 1 fully saturated rings. The second-order valence-electron chi connectivity index (χ2n) is 4.26. The Morgan fingerprint density at radius 2 is 2.27 bits per heavy atom. The maximum atomic E-state index is 6.00. The number of hydrogen-bond acceptors (Lipinski definition) is 3. The first-order valence-corrected chi connectivity index (χ1v) is 5.39. The zero-order valence-corrected chi connectivity index (χ0v) is 9.36. The highest BCUT2D eigenvalue weighted by Crippen LogP contribution is 2.31. The zero-order valence-electron chi connectivity index (χ0n) is 9.36. The van der Waals surface area contributed by atoms with Gasteiger partial charge in [0.05, 0.1) is 18.5 Å². The van der Waals surface area contributed by atoms with Gasteiger partial charge in [-0.15, -0.1) is 0 Å². The molecule has 1 atom stereocenters. The largest absolute Gasteiger partial charge is 0.497 e. The molecule has 1 saturated heterocycles. The maximum absolute atomic E-state index is 6.00. The molecule has 3 heteroatoms. The Morgan fingerprint density at radius 1 is 1.47 bits per heavy atom. The Morgan fingerprint density at radius 3 is 2.80 bits per heavy atom. The van der Waals surface area contributed by atoms with Gasteiger partial charge in [0.1, 0.15) is 5.75 Å². The summed E-state index contributed by atoms with van der Waals surface area (Å²) in [6.07, 6.45) is 1.26. The fourth-order valence-corrected chi connectivity index (χ4v) is 2.10. The zero-order chi connectivity index (χ0) is 10.8. The van der Waals surface area contributed by atoms with E-state index in [0.29, 0.717) is 0 Å². The Balaban J connectivity index is 2.21. The summed E-state index contributed by atoms with van der Waals surface area (Å²) in [6, 6.07) is 5.90. The molecule has 15 heavy (non-hydrogen) atoms. The molecule has 0 spiro atoms. The summed E-state index contributed by atoms with van der Waals surface area (Å²) >= 11 is 0. The number of rotatable bonds is 2. The lowest BCUT2D eigenvalue weighted by atomic mass is 10.2. The molecule has 1 aromatic rings. The summed E-state index contributed by atoms with van der Waals surface area (Å²) in [6.45, 7) is 4.49. The van der Waals surface area contributed by atoms with Crippen molar-refractivity contribution in [3.8, 4) is 5.75 Å². The van der Waals surface area contributed by atoms with Crippen molar-refractivity contribution in [1.82, 2.24) is 0 Å². The average Bonchev–Trinajstić information content (AvgIpc) is 2.64. The van der Waals surface area contributed by atoms with Crippen molar-refractivity contribution >= 4 is 11.4 Å². The molecular formula is C12H18N2O. The standard InChI is InChI=1S/C12H18N2O/c1-9-5-6-14(8-9)12-4-3-10(15-2)7-11(12)13/h3-4,7,9H,5-6,8,13H2,1-2H3. The molecule has 1 aromatic carbocycles. The number of nitrogen functional groups attached to an aromatic ring is 1. The van der Waals surface area contributed by atoms with Crippen LogP contribution in [0.4, 0.5) is 11.4 Å². The summed E-state index contributed by atoms with van der Waals surface area (Å²) in [4.78, 5) is 2.35. The number of nitrogens with two attached hydrogens (primary N) is 1. The molecule has 0 bridgehead atoms. The van der Waals surface area contributed by atoms with Crippen molar-refractivity contribution in [2.75, 3.05) is 30.8 Å². The van der Waals surface area contributed by atoms with Crippen LogP contribution in [-0.4, -0.2) is 20.2 Å². The van der Waals surface area contributed by atoms with Gasteiger partial charge in [-0.05, 0) is 24.5 Å². The van der Waals surface area contributed by atoms with Gasteiger partial charge in [0.15, 0.2) is 0 Å². The van der Waals surface area contributed by atoms with Crippen molar-refractivity contribution in [3.63, 3.8) is 0 Å². The predicted molar refractivity (Wildman–Crippen MR) is 63.4 cm³/mol. The van der Waals surface area contributed by atoms with Gasteiger partial charge in [-0.1, -0.05) is 6.92 Å². The Kier molecular flexibility index (Phi) is 2.71. The summed E-state index contributed by atoms with van der Waals surface area (Å²) in [7, 11) is 1.66. The fraction of sp³-hybridized carbons (Fsp3) is 0.500. The minimum Gasteiger partial charge on any atom is -0.497 e. The van der Waals surface area contributed by atoms with E-state index in [-0.39, 0.29) is 0 Å². The lowest BCUT2D eigenvalue weighted by Gasteiger charge is -2.20. The van der Waals surface area contributed by atoms with Crippen LogP contribution in [0.25, 0.3) is 0 Å². The predicted octanol–water partition coefficient (Wildman–Crippen LogP) is 2.12. The smallest absolute Gasteiger partial charge is 0.121 e. The number of methoxy groups -OCH3 is 1. The van der Waals surface area contributed by atoms with Gasteiger partial charge in [-0.25, -0.2) is 0 Å². The van der Waals surface area contributed by atoms with Crippen molar-refractivity contribution in [2.24, 2.45) is 5.92 Å². The van der Waals surface area contributed by atoms with Crippen LogP contribution in [0.3, 0.4) is 0 Å². The topological polar surface area (TPSA) is 38.5 Å².